The standard InChI is InChI=1S/C26H23ClN4O5S/c1-3-37(34,35)16-9-10-22(36-23-8-5-4-7-20(23)27)17(13-16)19-15-31(2)26(33)24-18(19)14-21(30-24)25(32)29-12-6-11-28/h4-5,7-10,13-15,30H,3,6,12H2,1-2H3,(H,29,32). The smallest absolute Gasteiger partial charge is 0.274 e. The second-order valence-corrected chi connectivity index (χ2v) is 10.9. The number of nitriles is 1. The van der Waals surface area contributed by atoms with Crippen LogP contribution in [0, 0.1) is 11.3 Å². The van der Waals surface area contributed by atoms with Gasteiger partial charge < -0.3 is 19.6 Å². The monoisotopic (exact) mass is 538 g/mol. The van der Waals surface area contributed by atoms with Gasteiger partial charge in [-0.3, -0.25) is 9.59 Å². The molecule has 4 rings (SSSR count). The molecule has 2 N–H and O–H groups in total. The molecule has 0 aliphatic rings. The van der Waals surface area contributed by atoms with E-state index >= 15 is 0 Å². The quantitative estimate of drug-likeness (QED) is 0.319. The number of fused-ring (bicyclic) bond motifs is 1. The predicted molar refractivity (Wildman–Crippen MR) is 141 cm³/mol. The molecule has 0 fully saturated rings. The van der Waals surface area contributed by atoms with Crippen LogP contribution in [-0.4, -0.2) is 36.2 Å². The lowest BCUT2D eigenvalue weighted by molar-refractivity contribution is 0.0950. The van der Waals surface area contributed by atoms with Crippen molar-refractivity contribution in [2.45, 2.75) is 18.2 Å². The Bertz CT molecular complexity index is 1720. The first-order valence-electron chi connectivity index (χ1n) is 11.3. The van der Waals surface area contributed by atoms with Crippen molar-refractivity contribution in [2.75, 3.05) is 12.3 Å². The molecule has 0 radical (unpaired) electrons. The zero-order valence-corrected chi connectivity index (χ0v) is 21.6. The zero-order valence-electron chi connectivity index (χ0n) is 20.0. The largest absolute Gasteiger partial charge is 0.455 e. The minimum Gasteiger partial charge on any atom is -0.455 e. The Kier molecular flexibility index (Phi) is 7.38. The van der Waals surface area contributed by atoms with E-state index in [0.29, 0.717) is 33.0 Å². The highest BCUT2D eigenvalue weighted by Gasteiger charge is 2.21. The first-order chi connectivity index (χ1) is 17.7. The van der Waals surface area contributed by atoms with E-state index in [2.05, 4.69) is 10.3 Å². The van der Waals surface area contributed by atoms with Crippen LogP contribution in [0.1, 0.15) is 23.8 Å². The van der Waals surface area contributed by atoms with Crippen molar-refractivity contribution in [2.24, 2.45) is 7.05 Å². The van der Waals surface area contributed by atoms with Crippen LogP contribution in [0.4, 0.5) is 0 Å². The number of H-pyrrole nitrogens is 1. The third-order valence-corrected chi connectivity index (χ3v) is 7.81. The molecule has 0 aliphatic heterocycles. The number of pyridine rings is 1. The summed E-state index contributed by atoms with van der Waals surface area (Å²) in [6.07, 6.45) is 1.70. The van der Waals surface area contributed by atoms with Gasteiger partial charge in [-0.25, -0.2) is 8.42 Å². The van der Waals surface area contributed by atoms with Crippen LogP contribution >= 0.6 is 11.6 Å². The van der Waals surface area contributed by atoms with E-state index in [4.69, 9.17) is 21.6 Å². The lowest BCUT2D eigenvalue weighted by Crippen LogP contribution is -2.24. The van der Waals surface area contributed by atoms with Crippen molar-refractivity contribution < 1.29 is 17.9 Å². The van der Waals surface area contributed by atoms with Crippen LogP contribution in [-0.2, 0) is 16.9 Å². The van der Waals surface area contributed by atoms with Crippen molar-refractivity contribution in [3.05, 3.63) is 75.8 Å². The number of carbonyl (C=O) groups is 1. The lowest BCUT2D eigenvalue weighted by Gasteiger charge is -2.15. The number of aryl methyl sites for hydroxylation is 1. The predicted octanol–water partition coefficient (Wildman–Crippen LogP) is 4.42. The SMILES string of the molecule is CCS(=O)(=O)c1ccc(Oc2ccccc2Cl)c(-c2cn(C)c(=O)c3[nH]c(C(=O)NCCC#N)cc23)c1. The summed E-state index contributed by atoms with van der Waals surface area (Å²) in [5, 5.41) is 12.1. The highest BCUT2D eigenvalue weighted by Crippen LogP contribution is 2.40. The van der Waals surface area contributed by atoms with Gasteiger partial charge in [0.25, 0.3) is 11.5 Å². The number of aromatic nitrogens is 2. The molecular weight excluding hydrogens is 516 g/mol. The van der Waals surface area contributed by atoms with Crippen molar-refractivity contribution in [1.82, 2.24) is 14.9 Å². The molecule has 2 aromatic heterocycles. The van der Waals surface area contributed by atoms with Crippen LogP contribution in [0.25, 0.3) is 22.0 Å². The van der Waals surface area contributed by atoms with Crippen LogP contribution in [0.2, 0.25) is 5.02 Å². The van der Waals surface area contributed by atoms with Crippen molar-refractivity contribution in [1.29, 1.82) is 5.26 Å². The molecule has 0 saturated heterocycles. The van der Waals surface area contributed by atoms with Crippen LogP contribution in [0.3, 0.4) is 0 Å². The third-order valence-electron chi connectivity index (χ3n) is 5.77. The number of rotatable bonds is 8. The summed E-state index contributed by atoms with van der Waals surface area (Å²) in [4.78, 5) is 28.5. The van der Waals surface area contributed by atoms with Crippen molar-refractivity contribution >= 4 is 38.2 Å². The van der Waals surface area contributed by atoms with E-state index in [-0.39, 0.29) is 40.4 Å². The summed E-state index contributed by atoms with van der Waals surface area (Å²) in [7, 11) is -2.01. The van der Waals surface area contributed by atoms with E-state index in [1.165, 1.54) is 22.8 Å². The molecule has 1 amide bonds. The number of aromatic amines is 1. The molecular formula is C26H23ClN4O5S. The van der Waals surface area contributed by atoms with Gasteiger partial charge in [0.1, 0.15) is 22.7 Å². The molecule has 0 unspecified atom stereocenters. The molecule has 0 saturated carbocycles. The van der Waals surface area contributed by atoms with Gasteiger partial charge in [0, 0.05) is 36.3 Å². The van der Waals surface area contributed by atoms with Gasteiger partial charge in [0.05, 0.1) is 28.2 Å². The van der Waals surface area contributed by atoms with Crippen LogP contribution in [0.15, 0.2) is 64.4 Å². The summed E-state index contributed by atoms with van der Waals surface area (Å²) in [5.41, 5.74) is 0.784. The highest BCUT2D eigenvalue weighted by atomic mass is 35.5. The molecule has 4 aromatic rings. The highest BCUT2D eigenvalue weighted by molar-refractivity contribution is 7.91. The number of amides is 1. The summed E-state index contributed by atoms with van der Waals surface area (Å²) in [6.45, 7) is 1.71. The molecule has 190 valence electrons. The van der Waals surface area contributed by atoms with Gasteiger partial charge in [0.2, 0.25) is 0 Å². The number of ether oxygens (including phenoxy) is 1. The minimum atomic E-state index is -3.57. The number of sulfone groups is 1. The number of hydrogen-bond acceptors (Lipinski definition) is 6. The minimum absolute atomic E-state index is 0.0866. The maximum Gasteiger partial charge on any atom is 0.274 e. The summed E-state index contributed by atoms with van der Waals surface area (Å²) < 4.78 is 32.9. The van der Waals surface area contributed by atoms with E-state index in [1.807, 2.05) is 6.07 Å². The third kappa shape index (κ3) is 5.23. The number of nitrogens with zero attached hydrogens (tertiary/aromatic N) is 2. The Morgan fingerprint density at radius 2 is 1.92 bits per heavy atom. The fourth-order valence-electron chi connectivity index (χ4n) is 3.81. The van der Waals surface area contributed by atoms with E-state index < -0.39 is 15.7 Å². The van der Waals surface area contributed by atoms with Crippen LogP contribution < -0.4 is 15.6 Å². The second kappa shape index (κ2) is 10.5. The summed E-state index contributed by atoms with van der Waals surface area (Å²) in [5.74, 6) is 0.0969. The Morgan fingerprint density at radius 3 is 2.62 bits per heavy atom. The first kappa shape index (κ1) is 26.0. The van der Waals surface area contributed by atoms with Gasteiger partial charge >= 0.3 is 0 Å². The number of benzene rings is 2. The molecule has 37 heavy (non-hydrogen) atoms. The van der Waals surface area contributed by atoms with E-state index in [1.54, 1.807) is 50.5 Å². The van der Waals surface area contributed by atoms with Crippen molar-refractivity contribution in [3.63, 3.8) is 0 Å². The zero-order chi connectivity index (χ0) is 26.7. The molecule has 0 aliphatic carbocycles. The van der Waals surface area contributed by atoms with Gasteiger partial charge in [-0.2, -0.15) is 5.26 Å². The van der Waals surface area contributed by atoms with Crippen LogP contribution in [0.5, 0.6) is 11.5 Å². The Labute approximate surface area is 218 Å². The average molecular weight is 539 g/mol. The topological polar surface area (TPSA) is 134 Å². The molecule has 9 nitrogen and oxygen atoms in total. The van der Waals surface area contributed by atoms with E-state index in [0.717, 1.165) is 0 Å². The van der Waals surface area contributed by atoms with E-state index in [9.17, 15) is 18.0 Å². The fraction of sp³-hybridized carbons (Fsp3) is 0.192. The molecule has 0 spiro atoms. The molecule has 0 bridgehead atoms. The number of para-hydroxylation sites is 1. The molecule has 2 aromatic carbocycles. The number of halogens is 1. The Morgan fingerprint density at radius 1 is 1.16 bits per heavy atom. The van der Waals surface area contributed by atoms with Gasteiger partial charge in [0.15, 0.2) is 9.84 Å². The average Bonchev–Trinajstić information content (AvgIpc) is 3.34. The van der Waals surface area contributed by atoms with Gasteiger partial charge in [-0.05, 0) is 36.4 Å². The fourth-order valence-corrected chi connectivity index (χ4v) is 4.89. The second-order valence-electron chi connectivity index (χ2n) is 8.19. The normalized spacial score (nSPS) is 11.3. The maximum atomic E-state index is 12.9. The molecule has 2 heterocycles. The number of hydrogen-bond donors (Lipinski definition) is 2. The maximum absolute atomic E-state index is 12.9. The first-order valence-corrected chi connectivity index (χ1v) is 13.4. The van der Waals surface area contributed by atoms with Gasteiger partial charge in [-0.1, -0.05) is 30.7 Å². The van der Waals surface area contributed by atoms with Crippen molar-refractivity contribution in [3.8, 4) is 28.7 Å². The lowest BCUT2D eigenvalue weighted by atomic mass is 10.0. The van der Waals surface area contributed by atoms with Gasteiger partial charge in [-0.15, -0.1) is 0 Å². The summed E-state index contributed by atoms with van der Waals surface area (Å²) in [6, 6.07) is 14.8. The Hall–Kier alpha value is -4.07. The summed E-state index contributed by atoms with van der Waals surface area (Å²) >= 11 is 6.29. The number of carbonyl (C=O) groups excluding carboxylic acids is 1. The Balaban J connectivity index is 1.95. The molecule has 0 atom stereocenters. The number of nitrogens with one attached hydrogen (secondary N) is 2. The molecule has 11 heteroatoms.